The number of likely N-dealkylation sites (N-methyl/N-ethyl adjacent to an activating group) is 1. The Morgan fingerprint density at radius 1 is 1.25 bits per heavy atom. The molecule has 1 aliphatic rings. The minimum Gasteiger partial charge on any atom is -0.469 e. The van der Waals surface area contributed by atoms with Crippen LogP contribution < -0.4 is 5.32 Å². The molecule has 1 N–H and O–H groups in total. The van der Waals surface area contributed by atoms with Crippen molar-refractivity contribution in [3.8, 4) is 11.4 Å². The normalized spacial score (nSPS) is 23.7. The molecule has 0 amide bonds. The maximum atomic E-state index is 5.53. The van der Waals surface area contributed by atoms with Crippen LogP contribution >= 0.6 is 0 Å². The van der Waals surface area contributed by atoms with Crippen molar-refractivity contribution in [2.75, 3.05) is 7.05 Å². The molecule has 5 nitrogen and oxygen atoms in total. The van der Waals surface area contributed by atoms with Crippen molar-refractivity contribution >= 4 is 0 Å². The van der Waals surface area contributed by atoms with E-state index in [1.165, 1.54) is 25.7 Å². The summed E-state index contributed by atoms with van der Waals surface area (Å²) in [6.45, 7) is 1.91. The summed E-state index contributed by atoms with van der Waals surface area (Å²) in [7, 11) is 2.01. The second-order valence-electron chi connectivity index (χ2n) is 5.49. The van der Waals surface area contributed by atoms with Gasteiger partial charge in [-0.3, -0.25) is 0 Å². The van der Waals surface area contributed by atoms with Crippen molar-refractivity contribution in [1.82, 2.24) is 15.5 Å². The third-order valence-electron chi connectivity index (χ3n) is 4.25. The first kappa shape index (κ1) is 13.4. The van der Waals surface area contributed by atoms with Gasteiger partial charge in [0.1, 0.15) is 5.76 Å². The fourth-order valence-electron chi connectivity index (χ4n) is 3.06. The highest BCUT2D eigenvalue weighted by molar-refractivity contribution is 5.56. The van der Waals surface area contributed by atoms with Gasteiger partial charge in [0.25, 0.3) is 0 Å². The number of rotatable bonds is 3. The molecule has 108 valence electrons. The van der Waals surface area contributed by atoms with Crippen molar-refractivity contribution in [3.63, 3.8) is 0 Å². The van der Waals surface area contributed by atoms with E-state index in [0.717, 1.165) is 23.6 Å². The fraction of sp³-hybridized carbons (Fsp3) is 0.600. The first-order chi connectivity index (χ1) is 9.79. The molecule has 0 aromatic carbocycles. The smallest absolute Gasteiger partial charge is 0.231 e. The molecule has 2 heterocycles. The van der Waals surface area contributed by atoms with E-state index >= 15 is 0 Å². The number of nitrogens with zero attached hydrogens (tertiary/aromatic N) is 2. The van der Waals surface area contributed by atoms with E-state index in [9.17, 15) is 0 Å². The van der Waals surface area contributed by atoms with Gasteiger partial charge in [0.15, 0.2) is 0 Å². The highest BCUT2D eigenvalue weighted by Gasteiger charge is 2.29. The molecule has 0 spiro atoms. The average Bonchev–Trinajstić information content (AvgIpc) is 3.02. The molecule has 20 heavy (non-hydrogen) atoms. The lowest BCUT2D eigenvalue weighted by Gasteiger charge is -2.20. The summed E-state index contributed by atoms with van der Waals surface area (Å²) in [5, 5.41) is 7.52. The van der Waals surface area contributed by atoms with Crippen LogP contribution in [0.5, 0.6) is 0 Å². The lowest BCUT2D eigenvalue weighted by atomic mass is 9.95. The van der Waals surface area contributed by atoms with Crippen molar-refractivity contribution in [2.24, 2.45) is 0 Å². The second-order valence-corrected chi connectivity index (χ2v) is 5.49. The van der Waals surface area contributed by atoms with Crippen molar-refractivity contribution < 1.29 is 8.94 Å². The van der Waals surface area contributed by atoms with Crippen LogP contribution in [0.1, 0.15) is 49.7 Å². The van der Waals surface area contributed by atoms with E-state index in [0.29, 0.717) is 17.8 Å². The van der Waals surface area contributed by atoms with Crippen molar-refractivity contribution in [2.45, 2.75) is 51.0 Å². The molecule has 1 aliphatic carbocycles. The first-order valence-corrected chi connectivity index (χ1v) is 7.35. The highest BCUT2D eigenvalue weighted by Crippen LogP contribution is 2.32. The summed E-state index contributed by atoms with van der Waals surface area (Å²) in [5.41, 5.74) is 0.912. The Bertz CT molecular complexity index is 561. The fourth-order valence-corrected chi connectivity index (χ4v) is 3.06. The standard InChI is InChI=1S/C15H21N3O2/c1-10-11(8-9-19-10)14-17-15(20-18-14)12-6-4-3-5-7-13(12)16-2/h8-9,12-13,16H,3-7H2,1-2H3. The third kappa shape index (κ3) is 2.50. The summed E-state index contributed by atoms with van der Waals surface area (Å²) in [5.74, 6) is 2.52. The molecular formula is C15H21N3O2. The zero-order valence-electron chi connectivity index (χ0n) is 12.1. The van der Waals surface area contributed by atoms with Gasteiger partial charge in [0.05, 0.1) is 17.7 Å². The lowest BCUT2D eigenvalue weighted by Crippen LogP contribution is -2.31. The van der Waals surface area contributed by atoms with Gasteiger partial charge in [-0.25, -0.2) is 0 Å². The van der Waals surface area contributed by atoms with Gasteiger partial charge in [-0.05, 0) is 32.9 Å². The molecule has 0 radical (unpaired) electrons. The Hall–Kier alpha value is -1.62. The highest BCUT2D eigenvalue weighted by atomic mass is 16.5. The SMILES string of the molecule is CNC1CCCCCC1c1nc(-c2ccoc2C)no1. The number of aryl methyl sites for hydroxylation is 1. The minimum absolute atomic E-state index is 0.316. The number of nitrogens with one attached hydrogen (secondary N) is 1. The Labute approximate surface area is 118 Å². The third-order valence-corrected chi connectivity index (χ3v) is 4.25. The first-order valence-electron chi connectivity index (χ1n) is 7.35. The van der Waals surface area contributed by atoms with Gasteiger partial charge in [0, 0.05) is 6.04 Å². The van der Waals surface area contributed by atoms with Gasteiger partial charge in [-0.1, -0.05) is 24.4 Å². The van der Waals surface area contributed by atoms with Crippen LogP contribution in [0, 0.1) is 6.92 Å². The van der Waals surface area contributed by atoms with Gasteiger partial charge in [0.2, 0.25) is 11.7 Å². The number of aromatic nitrogens is 2. The Morgan fingerprint density at radius 2 is 2.10 bits per heavy atom. The van der Waals surface area contributed by atoms with Crippen molar-refractivity contribution in [3.05, 3.63) is 24.0 Å². The lowest BCUT2D eigenvalue weighted by molar-refractivity contribution is 0.311. The predicted octanol–water partition coefficient (Wildman–Crippen LogP) is 3.27. The molecule has 3 rings (SSSR count). The number of furan rings is 1. The molecule has 2 aromatic heterocycles. The molecule has 2 aromatic rings. The molecular weight excluding hydrogens is 254 g/mol. The number of hydrogen-bond acceptors (Lipinski definition) is 5. The average molecular weight is 275 g/mol. The molecule has 0 aliphatic heterocycles. The summed E-state index contributed by atoms with van der Waals surface area (Å²) >= 11 is 0. The van der Waals surface area contributed by atoms with E-state index < -0.39 is 0 Å². The quantitative estimate of drug-likeness (QED) is 0.871. The Kier molecular flexibility index (Phi) is 3.87. The largest absolute Gasteiger partial charge is 0.469 e. The summed E-state index contributed by atoms with van der Waals surface area (Å²) in [6.07, 6.45) is 7.72. The van der Waals surface area contributed by atoms with E-state index in [2.05, 4.69) is 15.5 Å². The second kappa shape index (κ2) is 5.79. The summed E-state index contributed by atoms with van der Waals surface area (Å²) < 4.78 is 10.8. The van der Waals surface area contributed by atoms with Gasteiger partial charge in [-0.15, -0.1) is 0 Å². The monoisotopic (exact) mass is 275 g/mol. The zero-order chi connectivity index (χ0) is 13.9. The van der Waals surface area contributed by atoms with E-state index in [4.69, 9.17) is 8.94 Å². The molecule has 1 saturated carbocycles. The van der Waals surface area contributed by atoms with Crippen LogP contribution in [0.3, 0.4) is 0 Å². The van der Waals surface area contributed by atoms with Crippen LogP contribution in [0.25, 0.3) is 11.4 Å². The molecule has 2 atom stereocenters. The van der Waals surface area contributed by atoms with Crippen molar-refractivity contribution in [1.29, 1.82) is 0 Å². The topological polar surface area (TPSA) is 64.1 Å². The Morgan fingerprint density at radius 3 is 2.85 bits per heavy atom. The predicted molar refractivity (Wildman–Crippen MR) is 75.4 cm³/mol. The van der Waals surface area contributed by atoms with E-state index in [1.807, 2.05) is 20.0 Å². The van der Waals surface area contributed by atoms with Crippen LogP contribution in [-0.2, 0) is 0 Å². The van der Waals surface area contributed by atoms with Crippen LogP contribution in [0.2, 0.25) is 0 Å². The van der Waals surface area contributed by atoms with Gasteiger partial charge in [-0.2, -0.15) is 4.98 Å². The van der Waals surface area contributed by atoms with Crippen LogP contribution in [0.15, 0.2) is 21.3 Å². The maximum Gasteiger partial charge on any atom is 0.231 e. The van der Waals surface area contributed by atoms with Gasteiger partial charge >= 0.3 is 0 Å². The van der Waals surface area contributed by atoms with Crippen LogP contribution in [-0.4, -0.2) is 23.2 Å². The molecule has 2 unspecified atom stereocenters. The molecule has 0 saturated heterocycles. The summed E-state index contributed by atoms with van der Waals surface area (Å²) in [6, 6.07) is 2.31. The van der Waals surface area contributed by atoms with E-state index in [-0.39, 0.29) is 0 Å². The maximum absolute atomic E-state index is 5.53. The summed E-state index contributed by atoms with van der Waals surface area (Å²) in [4.78, 5) is 4.60. The molecule has 0 bridgehead atoms. The van der Waals surface area contributed by atoms with Gasteiger partial charge < -0.3 is 14.3 Å². The van der Waals surface area contributed by atoms with E-state index in [1.54, 1.807) is 6.26 Å². The molecule has 1 fully saturated rings. The van der Waals surface area contributed by atoms with Crippen LogP contribution in [0.4, 0.5) is 0 Å². The minimum atomic E-state index is 0.316. The zero-order valence-corrected chi connectivity index (χ0v) is 12.1. The molecule has 5 heteroatoms. The number of hydrogen-bond donors (Lipinski definition) is 1. The Balaban J connectivity index is 1.86.